The third kappa shape index (κ3) is 4.99. The molecule has 0 aliphatic heterocycles. The van der Waals surface area contributed by atoms with Gasteiger partial charge in [-0.05, 0) is 57.0 Å². The van der Waals surface area contributed by atoms with Crippen LogP contribution in [0.15, 0.2) is 42.6 Å². The largest absolute Gasteiger partial charge is 0.453 e. The Balaban J connectivity index is 1.65. The first-order valence-electron chi connectivity index (χ1n) is 9.96. The van der Waals surface area contributed by atoms with E-state index in [2.05, 4.69) is 0 Å². The van der Waals surface area contributed by atoms with E-state index in [0.29, 0.717) is 24.1 Å². The van der Waals surface area contributed by atoms with Crippen LogP contribution in [0.4, 0.5) is 4.39 Å². The molecule has 0 radical (unpaired) electrons. The van der Waals surface area contributed by atoms with E-state index in [4.69, 9.17) is 4.74 Å². The van der Waals surface area contributed by atoms with Crippen molar-refractivity contribution in [3.63, 3.8) is 0 Å². The van der Waals surface area contributed by atoms with Crippen molar-refractivity contribution in [1.29, 1.82) is 0 Å². The second-order valence-corrected chi connectivity index (χ2v) is 7.59. The third-order valence-corrected chi connectivity index (χ3v) is 5.37. The number of rotatable bonds is 8. The van der Waals surface area contributed by atoms with Gasteiger partial charge in [0.2, 0.25) is 5.78 Å². The van der Waals surface area contributed by atoms with Gasteiger partial charge in [-0.2, -0.15) is 0 Å². The van der Waals surface area contributed by atoms with Crippen molar-refractivity contribution in [2.24, 2.45) is 7.05 Å². The van der Waals surface area contributed by atoms with Crippen LogP contribution in [0.5, 0.6) is 0 Å². The highest BCUT2D eigenvalue weighted by molar-refractivity contribution is 6.01. The van der Waals surface area contributed by atoms with Crippen molar-refractivity contribution >= 4 is 17.5 Å². The van der Waals surface area contributed by atoms with Gasteiger partial charge < -0.3 is 13.9 Å². The van der Waals surface area contributed by atoms with Crippen LogP contribution in [-0.4, -0.2) is 33.3 Å². The lowest BCUT2D eigenvalue weighted by Gasteiger charge is -2.10. The van der Waals surface area contributed by atoms with Crippen LogP contribution in [0, 0.1) is 19.7 Å². The summed E-state index contributed by atoms with van der Waals surface area (Å²) >= 11 is 0. The molecule has 0 aliphatic rings. The van der Waals surface area contributed by atoms with Crippen LogP contribution in [0.2, 0.25) is 0 Å². The molecule has 3 rings (SSSR count). The molecule has 0 atom stereocenters. The molecule has 0 saturated carbocycles. The predicted molar refractivity (Wildman–Crippen MR) is 114 cm³/mol. The standard InChI is InChI=1S/C24H25FN2O4/c1-15-11-21(16(2)27(15)10-9-18-5-7-20(25)8-6-18)23(29)14-31-24(30)22-12-19(17(3)28)13-26(22)4/h5-8,11-13H,9-10,14H2,1-4H3. The summed E-state index contributed by atoms with van der Waals surface area (Å²) in [5.74, 6) is -1.38. The van der Waals surface area contributed by atoms with Crippen molar-refractivity contribution in [3.05, 3.63) is 82.2 Å². The Morgan fingerprint density at radius 2 is 1.74 bits per heavy atom. The molecule has 162 valence electrons. The summed E-state index contributed by atoms with van der Waals surface area (Å²) in [6.45, 7) is 5.44. The fourth-order valence-corrected chi connectivity index (χ4v) is 3.56. The maximum absolute atomic E-state index is 13.1. The third-order valence-electron chi connectivity index (χ3n) is 5.37. The number of carbonyl (C=O) groups is 3. The number of aromatic nitrogens is 2. The van der Waals surface area contributed by atoms with Crippen molar-refractivity contribution in [1.82, 2.24) is 9.13 Å². The summed E-state index contributed by atoms with van der Waals surface area (Å²) in [6, 6.07) is 9.59. The monoisotopic (exact) mass is 424 g/mol. The minimum Gasteiger partial charge on any atom is -0.453 e. The molecule has 0 amide bonds. The molecule has 6 nitrogen and oxygen atoms in total. The van der Waals surface area contributed by atoms with Gasteiger partial charge >= 0.3 is 5.97 Å². The zero-order valence-corrected chi connectivity index (χ0v) is 18.1. The van der Waals surface area contributed by atoms with E-state index in [1.165, 1.54) is 29.7 Å². The maximum atomic E-state index is 13.1. The van der Waals surface area contributed by atoms with E-state index in [-0.39, 0.29) is 29.7 Å². The van der Waals surface area contributed by atoms with Crippen LogP contribution in [0.3, 0.4) is 0 Å². The highest BCUT2D eigenvalue weighted by Gasteiger charge is 2.20. The highest BCUT2D eigenvalue weighted by Crippen LogP contribution is 2.18. The number of benzene rings is 1. The number of ketones is 2. The van der Waals surface area contributed by atoms with Gasteiger partial charge in [-0.15, -0.1) is 0 Å². The maximum Gasteiger partial charge on any atom is 0.355 e. The Morgan fingerprint density at radius 1 is 1.06 bits per heavy atom. The first kappa shape index (κ1) is 22.2. The fraction of sp³-hybridized carbons (Fsp3) is 0.292. The lowest BCUT2D eigenvalue weighted by molar-refractivity contribution is 0.0465. The van der Waals surface area contributed by atoms with Gasteiger partial charge in [-0.1, -0.05) is 12.1 Å². The van der Waals surface area contributed by atoms with Crippen LogP contribution in [-0.2, 0) is 24.8 Å². The second-order valence-electron chi connectivity index (χ2n) is 7.59. The van der Waals surface area contributed by atoms with Gasteiger partial charge in [-0.25, -0.2) is 9.18 Å². The molecule has 0 unspecified atom stereocenters. The topological polar surface area (TPSA) is 70.3 Å². The van der Waals surface area contributed by atoms with E-state index in [9.17, 15) is 18.8 Å². The summed E-state index contributed by atoms with van der Waals surface area (Å²) in [6.07, 6.45) is 2.25. The summed E-state index contributed by atoms with van der Waals surface area (Å²) in [7, 11) is 1.64. The zero-order chi connectivity index (χ0) is 22.7. The number of nitrogens with zero attached hydrogens (tertiary/aromatic N) is 2. The van der Waals surface area contributed by atoms with Crippen LogP contribution in [0.1, 0.15) is 55.1 Å². The number of ether oxygens (including phenoxy) is 1. The number of hydrogen-bond donors (Lipinski definition) is 0. The van der Waals surface area contributed by atoms with Gasteiger partial charge in [0.05, 0.1) is 0 Å². The molecule has 1 aromatic carbocycles. The normalized spacial score (nSPS) is 10.9. The van der Waals surface area contributed by atoms with Gasteiger partial charge in [0, 0.05) is 42.3 Å². The smallest absolute Gasteiger partial charge is 0.355 e. The molecule has 2 aromatic heterocycles. The molecule has 0 bridgehead atoms. The molecule has 0 fully saturated rings. The number of aryl methyl sites for hydroxylation is 3. The molecule has 2 heterocycles. The van der Waals surface area contributed by atoms with Crippen molar-refractivity contribution < 1.29 is 23.5 Å². The quantitative estimate of drug-likeness (QED) is 0.404. The number of hydrogen-bond acceptors (Lipinski definition) is 4. The molecular formula is C24H25FN2O4. The molecule has 0 spiro atoms. The zero-order valence-electron chi connectivity index (χ0n) is 18.1. The number of halogens is 1. The van der Waals surface area contributed by atoms with E-state index in [1.54, 1.807) is 31.4 Å². The second kappa shape index (κ2) is 9.12. The Hall–Kier alpha value is -3.48. The Kier molecular flexibility index (Phi) is 6.53. The van der Waals surface area contributed by atoms with Crippen LogP contribution < -0.4 is 0 Å². The molecule has 0 N–H and O–H groups in total. The molecule has 31 heavy (non-hydrogen) atoms. The highest BCUT2D eigenvalue weighted by atomic mass is 19.1. The number of Topliss-reactive ketones (excluding diaryl/α,β-unsaturated/α-hetero) is 2. The molecule has 0 aliphatic carbocycles. The van der Waals surface area contributed by atoms with Gasteiger partial charge in [0.25, 0.3) is 0 Å². The van der Waals surface area contributed by atoms with E-state index in [1.807, 2.05) is 18.4 Å². The predicted octanol–water partition coefficient (Wildman–Crippen LogP) is 4.07. The first-order valence-corrected chi connectivity index (χ1v) is 9.96. The Bertz CT molecular complexity index is 1140. The van der Waals surface area contributed by atoms with Crippen molar-refractivity contribution in [2.45, 2.75) is 33.7 Å². The van der Waals surface area contributed by atoms with Crippen LogP contribution >= 0.6 is 0 Å². The van der Waals surface area contributed by atoms with E-state index >= 15 is 0 Å². The minimum absolute atomic E-state index is 0.154. The number of carbonyl (C=O) groups excluding carboxylic acids is 3. The van der Waals surface area contributed by atoms with E-state index < -0.39 is 5.97 Å². The molecule has 3 aromatic rings. The summed E-state index contributed by atoms with van der Waals surface area (Å²) < 4.78 is 21.8. The lowest BCUT2D eigenvalue weighted by Crippen LogP contribution is -2.17. The van der Waals surface area contributed by atoms with E-state index in [0.717, 1.165) is 17.0 Å². The lowest BCUT2D eigenvalue weighted by atomic mass is 10.1. The summed E-state index contributed by atoms with van der Waals surface area (Å²) in [5, 5.41) is 0. The first-order chi connectivity index (χ1) is 14.7. The number of esters is 1. The van der Waals surface area contributed by atoms with Crippen LogP contribution in [0.25, 0.3) is 0 Å². The van der Waals surface area contributed by atoms with Gasteiger partial charge in [-0.3, -0.25) is 9.59 Å². The SMILES string of the molecule is CC(=O)c1cc(C(=O)OCC(=O)c2cc(C)n(CCc3ccc(F)cc3)c2C)n(C)c1. The Labute approximate surface area is 180 Å². The van der Waals surface area contributed by atoms with Gasteiger partial charge in [0.15, 0.2) is 12.4 Å². The molecule has 0 saturated heterocycles. The fourth-order valence-electron chi connectivity index (χ4n) is 3.56. The average Bonchev–Trinajstić information content (AvgIpc) is 3.25. The molecule has 7 heteroatoms. The summed E-state index contributed by atoms with van der Waals surface area (Å²) in [4.78, 5) is 36.5. The Morgan fingerprint density at radius 3 is 2.35 bits per heavy atom. The van der Waals surface area contributed by atoms with Gasteiger partial charge in [0.1, 0.15) is 11.5 Å². The van der Waals surface area contributed by atoms with Crippen molar-refractivity contribution in [2.75, 3.05) is 6.61 Å². The molecular weight excluding hydrogens is 399 g/mol. The minimum atomic E-state index is -0.659. The van der Waals surface area contributed by atoms with Crippen molar-refractivity contribution in [3.8, 4) is 0 Å². The average molecular weight is 424 g/mol. The summed E-state index contributed by atoms with van der Waals surface area (Å²) in [5.41, 5.74) is 3.83.